The molecule has 4 nitrogen and oxygen atoms in total. The summed E-state index contributed by atoms with van der Waals surface area (Å²) in [5.74, 6) is -0.975. The van der Waals surface area contributed by atoms with Gasteiger partial charge >= 0.3 is 0 Å². The number of aliphatic hydroxyl groups is 2. The summed E-state index contributed by atoms with van der Waals surface area (Å²) in [6.07, 6.45) is 6.49. The third kappa shape index (κ3) is 2.01. The van der Waals surface area contributed by atoms with Crippen molar-refractivity contribution in [2.24, 2.45) is 22.7 Å². The lowest BCUT2D eigenvalue weighted by molar-refractivity contribution is -0.195. The zero-order valence-corrected chi connectivity index (χ0v) is 16.1. The molecule has 4 rings (SSSR count). The highest BCUT2D eigenvalue weighted by Crippen LogP contribution is 2.67. The summed E-state index contributed by atoms with van der Waals surface area (Å²) in [7, 11) is -1.18. The molecular weight excluding hydrogens is 355 g/mol. The van der Waals surface area contributed by atoms with E-state index in [9.17, 15) is 19.2 Å². The van der Waals surface area contributed by atoms with E-state index in [4.69, 9.17) is 0 Å². The average molecular weight is 380 g/mol. The molecule has 8 atom stereocenters. The van der Waals surface area contributed by atoms with E-state index in [0.29, 0.717) is 12.0 Å². The van der Waals surface area contributed by atoms with Crippen LogP contribution in [0.15, 0.2) is 34.8 Å². The van der Waals surface area contributed by atoms with Gasteiger partial charge in [-0.15, -0.1) is 0 Å². The van der Waals surface area contributed by atoms with Gasteiger partial charge in [-0.3, -0.25) is 9.00 Å². The molecule has 0 unspecified atom stereocenters. The van der Waals surface area contributed by atoms with Crippen LogP contribution in [-0.2, 0) is 15.6 Å². The van der Waals surface area contributed by atoms with Crippen LogP contribution < -0.4 is 0 Å². The van der Waals surface area contributed by atoms with Crippen molar-refractivity contribution in [3.8, 4) is 0 Å². The quantitative estimate of drug-likeness (QED) is 0.731. The van der Waals surface area contributed by atoms with Crippen molar-refractivity contribution in [2.75, 3.05) is 6.26 Å². The number of carbonyl (C=O) groups excluding carboxylic acids is 1. The summed E-state index contributed by atoms with van der Waals surface area (Å²) in [5.41, 5.74) is -3.38. The largest absolute Gasteiger partial charge is 0.390 e. The molecule has 6 heteroatoms. The average Bonchev–Trinajstić information content (AvgIpc) is 2.89. The Morgan fingerprint density at radius 1 is 1.27 bits per heavy atom. The van der Waals surface area contributed by atoms with E-state index in [1.165, 1.54) is 18.2 Å². The molecule has 0 aromatic heterocycles. The molecule has 0 bridgehead atoms. The number of hydrogen-bond donors (Lipinski definition) is 2. The number of rotatable bonds is 1. The maximum absolute atomic E-state index is 16.7. The molecule has 2 saturated carbocycles. The second kappa shape index (κ2) is 5.46. The molecule has 0 amide bonds. The van der Waals surface area contributed by atoms with Gasteiger partial charge in [0, 0.05) is 38.7 Å². The van der Waals surface area contributed by atoms with Gasteiger partial charge < -0.3 is 10.2 Å². The van der Waals surface area contributed by atoms with Crippen LogP contribution in [0.2, 0.25) is 0 Å². The second-order valence-corrected chi connectivity index (χ2v) is 10.0. The lowest BCUT2D eigenvalue weighted by atomic mass is 9.45. The molecule has 4 aliphatic rings. The van der Waals surface area contributed by atoms with Crippen LogP contribution in [-0.4, -0.2) is 44.3 Å². The summed E-state index contributed by atoms with van der Waals surface area (Å²) in [4.78, 5) is 12.6. The van der Waals surface area contributed by atoms with E-state index in [-0.39, 0.29) is 24.5 Å². The number of allylic oxidation sites excluding steroid dienone is 5. The maximum Gasteiger partial charge on any atom is 0.178 e. The first-order valence-electron chi connectivity index (χ1n) is 9.10. The van der Waals surface area contributed by atoms with Gasteiger partial charge in [-0.2, -0.15) is 0 Å². The van der Waals surface area contributed by atoms with Crippen molar-refractivity contribution >= 4 is 16.6 Å². The van der Waals surface area contributed by atoms with E-state index in [0.717, 1.165) is 4.91 Å². The fourth-order valence-electron chi connectivity index (χ4n) is 6.23. The van der Waals surface area contributed by atoms with Crippen LogP contribution in [0.4, 0.5) is 4.39 Å². The molecular formula is C20H25FO4S. The Labute approximate surface area is 155 Å². The molecule has 0 heterocycles. The van der Waals surface area contributed by atoms with E-state index >= 15 is 4.39 Å². The highest BCUT2D eigenvalue weighted by molar-refractivity contribution is 7.88. The molecule has 2 N–H and O–H groups in total. The maximum atomic E-state index is 16.7. The molecule has 0 radical (unpaired) electrons. The first-order valence-corrected chi connectivity index (χ1v) is 10.7. The first-order chi connectivity index (χ1) is 12.1. The number of ketones is 1. The molecule has 0 saturated heterocycles. The van der Waals surface area contributed by atoms with Crippen LogP contribution in [0, 0.1) is 22.7 Å². The van der Waals surface area contributed by atoms with Gasteiger partial charge in [0.05, 0.1) is 12.2 Å². The lowest BCUT2D eigenvalue weighted by Crippen LogP contribution is -2.68. The fourth-order valence-corrected chi connectivity index (χ4v) is 7.45. The minimum Gasteiger partial charge on any atom is -0.390 e. The van der Waals surface area contributed by atoms with Gasteiger partial charge in [-0.1, -0.05) is 19.1 Å². The Balaban J connectivity index is 1.85. The highest BCUT2D eigenvalue weighted by atomic mass is 32.2. The topological polar surface area (TPSA) is 74.6 Å². The monoisotopic (exact) mass is 380 g/mol. The molecule has 0 aliphatic heterocycles. The number of carbonyl (C=O) groups is 1. The zero-order chi connectivity index (χ0) is 19.1. The van der Waals surface area contributed by atoms with Gasteiger partial charge in [-0.05, 0) is 49.8 Å². The van der Waals surface area contributed by atoms with Crippen molar-refractivity contribution in [1.29, 1.82) is 0 Å². The van der Waals surface area contributed by atoms with Gasteiger partial charge in [0.1, 0.15) is 0 Å². The summed E-state index contributed by atoms with van der Waals surface area (Å²) >= 11 is 0. The predicted octanol–water partition coefficient (Wildman–Crippen LogP) is 2.20. The fraction of sp³-hybridized carbons (Fsp3) is 0.650. The van der Waals surface area contributed by atoms with Crippen LogP contribution in [0.1, 0.15) is 33.1 Å². The van der Waals surface area contributed by atoms with Crippen molar-refractivity contribution in [3.05, 3.63) is 34.8 Å². The van der Waals surface area contributed by atoms with E-state index in [2.05, 4.69) is 0 Å². The summed E-state index contributed by atoms with van der Waals surface area (Å²) < 4.78 is 28.9. The van der Waals surface area contributed by atoms with Gasteiger partial charge in [0.15, 0.2) is 11.5 Å². The van der Waals surface area contributed by atoms with Crippen molar-refractivity contribution in [3.63, 3.8) is 0 Å². The zero-order valence-electron chi connectivity index (χ0n) is 15.2. The molecule has 142 valence electrons. The number of halogens is 1. The number of alkyl halides is 1. The molecule has 2 fully saturated rings. The van der Waals surface area contributed by atoms with Crippen LogP contribution >= 0.6 is 0 Å². The van der Waals surface area contributed by atoms with Crippen molar-refractivity contribution in [2.45, 2.75) is 51.0 Å². The van der Waals surface area contributed by atoms with Crippen molar-refractivity contribution < 1.29 is 23.6 Å². The standard InChI is InChI=1S/C20H25FO4S/c1-18-10-16(24)20(21)13(12(18)4-5-17(18)26(3)25)9-15(23)14-8-11(22)6-7-19(14,20)2/h5-8,12-13,15-16,23-24H,4,9-10H2,1-3H3/t12-,13-,15+,16-,18-,19-,20-,26-/m0/s1. The first kappa shape index (κ1) is 18.3. The van der Waals surface area contributed by atoms with Gasteiger partial charge in [0.25, 0.3) is 0 Å². The van der Waals surface area contributed by atoms with Gasteiger partial charge in [-0.25, -0.2) is 4.39 Å². The van der Waals surface area contributed by atoms with Crippen LogP contribution in [0.25, 0.3) is 0 Å². The molecule has 0 aromatic rings. The Bertz CT molecular complexity index is 802. The Hall–Kier alpha value is -1.11. The molecule has 4 aliphatic carbocycles. The predicted molar refractivity (Wildman–Crippen MR) is 97.3 cm³/mol. The molecule has 0 aromatic carbocycles. The third-order valence-corrected chi connectivity index (χ3v) is 8.74. The Morgan fingerprint density at radius 3 is 2.62 bits per heavy atom. The van der Waals surface area contributed by atoms with E-state index in [1.54, 1.807) is 13.2 Å². The van der Waals surface area contributed by atoms with Crippen molar-refractivity contribution in [1.82, 2.24) is 0 Å². The van der Waals surface area contributed by atoms with Crippen LogP contribution in [0.3, 0.4) is 0 Å². The lowest BCUT2D eigenvalue weighted by Gasteiger charge is -2.62. The minimum atomic E-state index is -1.97. The molecule has 26 heavy (non-hydrogen) atoms. The highest BCUT2D eigenvalue weighted by Gasteiger charge is 2.70. The number of hydrogen-bond acceptors (Lipinski definition) is 4. The van der Waals surface area contributed by atoms with E-state index < -0.39 is 45.4 Å². The number of fused-ring (bicyclic) bond motifs is 5. The van der Waals surface area contributed by atoms with Gasteiger partial charge in [0.2, 0.25) is 0 Å². The summed E-state index contributed by atoms with van der Waals surface area (Å²) in [5, 5.41) is 21.7. The molecule has 0 spiro atoms. The summed E-state index contributed by atoms with van der Waals surface area (Å²) in [6.45, 7) is 3.63. The van der Waals surface area contributed by atoms with E-state index in [1.807, 2.05) is 13.0 Å². The SMILES string of the molecule is C[S@](=O)C1=CC[C@H]2[C@@H]3C[C@@H](O)C4=CC(=O)C=C[C@]4(C)[C@@]3(F)[C@@H](O)C[C@]12C. The third-order valence-electron chi connectivity index (χ3n) is 7.49. The minimum absolute atomic E-state index is 0.131. The Morgan fingerprint density at radius 2 is 1.96 bits per heavy atom. The number of aliphatic hydroxyl groups excluding tert-OH is 2. The summed E-state index contributed by atoms with van der Waals surface area (Å²) in [6, 6.07) is 0. The normalized spacial score (nSPS) is 51.1. The smallest absolute Gasteiger partial charge is 0.178 e. The Kier molecular flexibility index (Phi) is 3.83. The second-order valence-electron chi connectivity index (χ2n) is 8.67. The van der Waals surface area contributed by atoms with Crippen LogP contribution in [0.5, 0.6) is 0 Å².